The Kier molecular flexibility index (Phi) is 5.11. The average molecular weight is 442 g/mol. The Morgan fingerprint density at radius 3 is 2.52 bits per heavy atom. The minimum Gasteiger partial charge on any atom is -0.508 e. The quantitative estimate of drug-likeness (QED) is 0.443. The number of H-pyrrole nitrogens is 2. The third kappa shape index (κ3) is 3.77. The third-order valence-corrected chi connectivity index (χ3v) is 6.45. The number of phenolic OH excluding ortho intramolecular Hbond substituents is 1. The highest BCUT2D eigenvalue weighted by atomic mass is 35.5. The minimum absolute atomic E-state index is 0.0855. The van der Waals surface area contributed by atoms with E-state index in [0.29, 0.717) is 11.6 Å². The number of phenols is 1. The lowest BCUT2D eigenvalue weighted by atomic mass is 10.0. The number of benzene rings is 2. The Morgan fingerprint density at radius 1 is 0.935 bits per heavy atom. The van der Waals surface area contributed by atoms with Crippen LogP contribution in [0.4, 0.5) is 0 Å². The summed E-state index contributed by atoms with van der Waals surface area (Å²) in [6.07, 6.45) is 2.63. The molecule has 0 spiro atoms. The van der Waals surface area contributed by atoms with Gasteiger partial charge >= 0.3 is 11.4 Å². The summed E-state index contributed by atoms with van der Waals surface area (Å²) in [6, 6.07) is 10.6. The van der Waals surface area contributed by atoms with Crippen molar-refractivity contribution in [3.63, 3.8) is 0 Å². The number of aromatic nitrogens is 4. The first-order valence-electron chi connectivity index (χ1n) is 10.5. The van der Waals surface area contributed by atoms with Gasteiger partial charge < -0.3 is 20.0 Å². The molecule has 0 amide bonds. The van der Waals surface area contributed by atoms with Gasteiger partial charge in [-0.3, -0.25) is 9.13 Å². The zero-order valence-electron chi connectivity index (χ0n) is 17.0. The van der Waals surface area contributed by atoms with Crippen LogP contribution in [0, 0.1) is 0 Å². The maximum atomic E-state index is 12.5. The van der Waals surface area contributed by atoms with Crippen LogP contribution in [0.3, 0.4) is 0 Å². The SMILES string of the molecule is O=c1[nH]c2ccc(O)cc2n1CCCN1CCC(n2c(=O)[nH]c3cc(Cl)ccc32)CC1. The van der Waals surface area contributed by atoms with E-state index in [4.69, 9.17) is 11.6 Å². The van der Waals surface area contributed by atoms with Crippen LogP contribution >= 0.6 is 11.6 Å². The van der Waals surface area contributed by atoms with Crippen molar-refractivity contribution in [1.82, 2.24) is 24.0 Å². The molecule has 162 valence electrons. The number of likely N-dealkylation sites (tertiary alicyclic amines) is 1. The Labute approximate surface area is 182 Å². The van der Waals surface area contributed by atoms with Crippen LogP contribution < -0.4 is 11.4 Å². The number of fused-ring (bicyclic) bond motifs is 2. The second-order valence-corrected chi connectivity index (χ2v) is 8.61. The first-order chi connectivity index (χ1) is 15.0. The van der Waals surface area contributed by atoms with Crippen molar-refractivity contribution in [3.05, 3.63) is 62.4 Å². The highest BCUT2D eigenvalue weighted by Crippen LogP contribution is 2.26. The van der Waals surface area contributed by atoms with E-state index in [0.717, 1.165) is 61.0 Å². The fourth-order valence-electron chi connectivity index (χ4n) is 4.68. The third-order valence-electron chi connectivity index (χ3n) is 6.22. The van der Waals surface area contributed by atoms with Crippen molar-refractivity contribution in [2.75, 3.05) is 19.6 Å². The number of hydrogen-bond acceptors (Lipinski definition) is 4. The highest BCUT2D eigenvalue weighted by molar-refractivity contribution is 6.31. The van der Waals surface area contributed by atoms with Crippen LogP contribution in [0.25, 0.3) is 22.1 Å². The Morgan fingerprint density at radius 2 is 1.71 bits per heavy atom. The maximum absolute atomic E-state index is 12.5. The summed E-state index contributed by atoms with van der Waals surface area (Å²) in [7, 11) is 0. The van der Waals surface area contributed by atoms with Gasteiger partial charge in [-0.15, -0.1) is 0 Å². The Hall–Kier alpha value is -2.97. The van der Waals surface area contributed by atoms with E-state index in [9.17, 15) is 14.7 Å². The van der Waals surface area contributed by atoms with Gasteiger partial charge in [-0.25, -0.2) is 9.59 Å². The van der Waals surface area contributed by atoms with Crippen molar-refractivity contribution in [2.45, 2.75) is 31.8 Å². The monoisotopic (exact) mass is 441 g/mol. The molecule has 8 nitrogen and oxygen atoms in total. The average Bonchev–Trinajstić information content (AvgIpc) is 3.23. The molecular formula is C22H24ClN5O3. The number of aromatic amines is 2. The predicted molar refractivity (Wildman–Crippen MR) is 121 cm³/mol. The van der Waals surface area contributed by atoms with Gasteiger partial charge in [0.05, 0.1) is 22.1 Å². The largest absolute Gasteiger partial charge is 0.508 e. The van der Waals surface area contributed by atoms with Crippen molar-refractivity contribution in [1.29, 1.82) is 0 Å². The molecule has 1 aliphatic heterocycles. The lowest BCUT2D eigenvalue weighted by Gasteiger charge is -2.32. The van der Waals surface area contributed by atoms with Gasteiger partial charge in [0.25, 0.3) is 0 Å². The van der Waals surface area contributed by atoms with Crippen LogP contribution in [0.1, 0.15) is 25.3 Å². The highest BCUT2D eigenvalue weighted by Gasteiger charge is 2.23. The number of halogens is 1. The fourth-order valence-corrected chi connectivity index (χ4v) is 4.85. The molecule has 5 rings (SSSR count). The van der Waals surface area contributed by atoms with Crippen molar-refractivity contribution < 1.29 is 5.11 Å². The summed E-state index contributed by atoms with van der Waals surface area (Å²) in [4.78, 5) is 32.8. The van der Waals surface area contributed by atoms with E-state index in [-0.39, 0.29) is 23.2 Å². The molecular weight excluding hydrogens is 418 g/mol. The lowest BCUT2D eigenvalue weighted by Crippen LogP contribution is -2.37. The van der Waals surface area contributed by atoms with E-state index < -0.39 is 0 Å². The van der Waals surface area contributed by atoms with Crippen molar-refractivity contribution in [2.24, 2.45) is 0 Å². The molecule has 0 radical (unpaired) electrons. The molecule has 1 saturated heterocycles. The smallest absolute Gasteiger partial charge is 0.326 e. The van der Waals surface area contributed by atoms with Gasteiger partial charge in [0.2, 0.25) is 0 Å². The van der Waals surface area contributed by atoms with Crippen molar-refractivity contribution in [3.8, 4) is 5.75 Å². The van der Waals surface area contributed by atoms with E-state index in [1.54, 1.807) is 28.8 Å². The summed E-state index contributed by atoms with van der Waals surface area (Å²) in [5.41, 5.74) is 2.89. The summed E-state index contributed by atoms with van der Waals surface area (Å²) in [5, 5.41) is 10.3. The number of aryl methyl sites for hydroxylation is 1. The molecule has 4 aromatic rings. The molecule has 0 bridgehead atoms. The molecule has 0 saturated carbocycles. The molecule has 2 aromatic heterocycles. The van der Waals surface area contributed by atoms with Gasteiger partial charge in [0, 0.05) is 36.8 Å². The van der Waals surface area contributed by atoms with Crippen molar-refractivity contribution >= 4 is 33.7 Å². The molecule has 2 aromatic carbocycles. The standard InChI is InChI=1S/C22H24ClN5O3/c23-14-2-5-19-18(12-14)25-22(31)28(19)15-6-10-26(11-7-15)8-1-9-27-20-13-16(29)3-4-17(20)24-21(27)30/h2-5,12-13,15,29H,1,6-11H2,(H,24,30)(H,25,31). The lowest BCUT2D eigenvalue weighted by molar-refractivity contribution is 0.183. The van der Waals surface area contributed by atoms with Crippen LogP contribution in [-0.2, 0) is 6.54 Å². The number of nitrogens with one attached hydrogen (secondary N) is 2. The van der Waals surface area contributed by atoms with Gasteiger partial charge in [-0.2, -0.15) is 0 Å². The van der Waals surface area contributed by atoms with Crippen LogP contribution in [-0.4, -0.2) is 48.7 Å². The summed E-state index contributed by atoms with van der Waals surface area (Å²) in [5.74, 6) is 0.150. The van der Waals surface area contributed by atoms with Gasteiger partial charge in [0.1, 0.15) is 5.75 Å². The molecule has 1 aliphatic rings. The summed E-state index contributed by atoms with van der Waals surface area (Å²) >= 11 is 6.05. The van der Waals surface area contributed by atoms with E-state index in [2.05, 4.69) is 14.9 Å². The summed E-state index contributed by atoms with van der Waals surface area (Å²) in [6.45, 7) is 3.27. The zero-order chi connectivity index (χ0) is 21.5. The molecule has 9 heteroatoms. The predicted octanol–water partition coefficient (Wildman–Crippen LogP) is 3.06. The number of nitrogens with zero attached hydrogens (tertiary/aromatic N) is 3. The Bertz CT molecular complexity index is 1360. The molecule has 0 aliphatic carbocycles. The normalized spacial score (nSPS) is 15.9. The van der Waals surface area contributed by atoms with Crippen LogP contribution in [0.5, 0.6) is 5.75 Å². The minimum atomic E-state index is -0.155. The second kappa shape index (κ2) is 7.94. The van der Waals surface area contributed by atoms with Crippen LogP contribution in [0.2, 0.25) is 5.02 Å². The second-order valence-electron chi connectivity index (χ2n) is 8.17. The van der Waals surface area contributed by atoms with Gasteiger partial charge in [0.15, 0.2) is 0 Å². The van der Waals surface area contributed by atoms with E-state index in [1.807, 2.05) is 16.7 Å². The van der Waals surface area contributed by atoms with Gasteiger partial charge in [-0.05, 0) is 56.1 Å². The Balaban J connectivity index is 1.21. The maximum Gasteiger partial charge on any atom is 0.326 e. The fraction of sp³-hybridized carbons (Fsp3) is 0.364. The van der Waals surface area contributed by atoms with Gasteiger partial charge in [-0.1, -0.05) is 11.6 Å². The zero-order valence-corrected chi connectivity index (χ0v) is 17.7. The summed E-state index contributed by atoms with van der Waals surface area (Å²) < 4.78 is 3.54. The van der Waals surface area contributed by atoms with E-state index >= 15 is 0 Å². The van der Waals surface area contributed by atoms with Crippen LogP contribution in [0.15, 0.2) is 46.0 Å². The number of hydrogen-bond donors (Lipinski definition) is 3. The molecule has 3 heterocycles. The molecule has 31 heavy (non-hydrogen) atoms. The molecule has 3 N–H and O–H groups in total. The first-order valence-corrected chi connectivity index (χ1v) is 10.9. The number of piperidine rings is 1. The molecule has 0 unspecified atom stereocenters. The number of aromatic hydroxyl groups is 1. The number of imidazole rings is 2. The molecule has 0 atom stereocenters. The molecule has 1 fully saturated rings. The topological polar surface area (TPSA) is 99.0 Å². The van der Waals surface area contributed by atoms with E-state index in [1.165, 1.54) is 0 Å². The number of rotatable bonds is 5. The first kappa shape index (κ1) is 20.0.